The van der Waals surface area contributed by atoms with Crippen LogP contribution in [-0.2, 0) is 13.0 Å². The van der Waals surface area contributed by atoms with Gasteiger partial charge in [0, 0.05) is 33.9 Å². The monoisotopic (exact) mass is 597 g/mol. The number of carbonyl (C=O) groups is 1. The minimum absolute atomic E-state index is 0.0102. The van der Waals surface area contributed by atoms with E-state index in [1.807, 2.05) is 30.0 Å². The first-order valence-electron chi connectivity index (χ1n) is 13.8. The third-order valence-electron chi connectivity index (χ3n) is 6.39. The zero-order valence-electron chi connectivity index (χ0n) is 23.9. The van der Waals surface area contributed by atoms with E-state index in [0.717, 1.165) is 32.8 Å². The van der Waals surface area contributed by atoms with Crippen LogP contribution < -0.4 is 10.0 Å². The van der Waals surface area contributed by atoms with Crippen LogP contribution in [0, 0.1) is 0 Å². The number of thioether (sulfide) groups is 1. The van der Waals surface area contributed by atoms with Crippen molar-refractivity contribution < 1.29 is 4.79 Å². The fraction of sp³-hybridized carbons (Fsp3) is 0.235. The fourth-order valence-electron chi connectivity index (χ4n) is 4.46. The molecule has 0 aliphatic carbocycles. The lowest BCUT2D eigenvalue weighted by molar-refractivity contribution is 0.0950. The molecule has 0 bridgehead atoms. The number of rotatable bonds is 10. The number of nitrogens with zero attached hydrogens (tertiary/aromatic N) is 1. The molecule has 5 rings (SSSR count). The minimum Gasteiger partial charge on any atom is -0.346 e. The van der Waals surface area contributed by atoms with Gasteiger partial charge in [0.1, 0.15) is 0 Å². The van der Waals surface area contributed by atoms with Crippen LogP contribution in [0.5, 0.6) is 0 Å². The van der Waals surface area contributed by atoms with Gasteiger partial charge >= 0.3 is 0 Å². The lowest BCUT2D eigenvalue weighted by Gasteiger charge is -2.20. The van der Waals surface area contributed by atoms with Crippen LogP contribution >= 0.6 is 35.0 Å². The number of aromatic nitrogens is 1. The number of hydrogen-bond donors (Lipinski definition) is 2. The molecular weight excluding hydrogens is 563 g/mol. The first kappa shape index (κ1) is 29.4. The second kappa shape index (κ2) is 13.3. The number of thiazole rings is 1. The summed E-state index contributed by atoms with van der Waals surface area (Å²) < 4.78 is 3.54. The Morgan fingerprint density at radius 2 is 1.56 bits per heavy atom. The van der Waals surface area contributed by atoms with E-state index in [9.17, 15) is 4.79 Å². The summed E-state index contributed by atoms with van der Waals surface area (Å²) in [5.41, 5.74) is 4.26. The Hall–Kier alpha value is -3.10. The summed E-state index contributed by atoms with van der Waals surface area (Å²) in [6, 6.07) is 31.5. The van der Waals surface area contributed by atoms with Gasteiger partial charge in [-0.1, -0.05) is 79.7 Å². The molecule has 0 fully saturated rings. The molecule has 0 unspecified atom stereocenters. The number of amides is 1. The fourth-order valence-corrected chi connectivity index (χ4v) is 7.00. The molecule has 1 amide bonds. The third-order valence-corrected chi connectivity index (χ3v) is 9.70. The lowest BCUT2D eigenvalue weighted by Crippen LogP contribution is -2.29. The predicted octanol–water partition coefficient (Wildman–Crippen LogP) is 8.99. The van der Waals surface area contributed by atoms with Gasteiger partial charge in [0.25, 0.3) is 5.91 Å². The van der Waals surface area contributed by atoms with E-state index in [1.165, 1.54) is 32.1 Å². The Balaban J connectivity index is 1.47. The van der Waals surface area contributed by atoms with Gasteiger partial charge in [-0.2, -0.15) is 0 Å². The molecule has 0 aliphatic rings. The number of benzene rings is 4. The number of carbonyl (C=O) groups excluding carboxylic acids is 1. The Morgan fingerprint density at radius 3 is 2.27 bits per heavy atom. The van der Waals surface area contributed by atoms with E-state index < -0.39 is 0 Å². The van der Waals surface area contributed by atoms with Gasteiger partial charge in [-0.15, -0.1) is 23.1 Å². The average molecular weight is 598 g/mol. The highest BCUT2D eigenvalue weighted by atomic mass is 32.2. The van der Waals surface area contributed by atoms with Gasteiger partial charge in [-0.05, 0) is 78.6 Å². The quantitative estimate of drug-likeness (QED) is 0.124. The smallest absolute Gasteiger partial charge is 0.280 e. The maximum atomic E-state index is 13.4. The minimum atomic E-state index is -0.145. The van der Waals surface area contributed by atoms with Gasteiger partial charge in [0.05, 0.1) is 10.6 Å². The molecule has 1 heterocycles. The topological polar surface area (TPSA) is 54.0 Å². The van der Waals surface area contributed by atoms with Crippen molar-refractivity contribution in [3.8, 4) is 10.4 Å². The molecule has 0 atom stereocenters. The van der Waals surface area contributed by atoms with Gasteiger partial charge < -0.3 is 5.32 Å². The molecular formula is C34H35N3OS3. The summed E-state index contributed by atoms with van der Waals surface area (Å²) in [4.78, 5) is 21.7. The van der Waals surface area contributed by atoms with Gasteiger partial charge in [0.15, 0.2) is 5.01 Å². The Morgan fingerprint density at radius 1 is 0.854 bits per heavy atom. The number of nitrogens with one attached hydrogen (secondary N) is 2. The van der Waals surface area contributed by atoms with Crippen molar-refractivity contribution in [2.45, 2.75) is 56.0 Å². The normalized spacial score (nSPS) is 11.6. The molecule has 41 heavy (non-hydrogen) atoms. The van der Waals surface area contributed by atoms with E-state index in [-0.39, 0.29) is 11.4 Å². The van der Waals surface area contributed by atoms with Crippen molar-refractivity contribution in [2.75, 3.05) is 5.75 Å². The molecule has 0 radical (unpaired) electrons. The van der Waals surface area contributed by atoms with Crippen molar-refractivity contribution in [2.24, 2.45) is 0 Å². The highest BCUT2D eigenvalue weighted by Crippen LogP contribution is 2.39. The van der Waals surface area contributed by atoms with Gasteiger partial charge in [-0.3, -0.25) is 9.52 Å². The number of fused-ring (bicyclic) bond motifs is 1. The van der Waals surface area contributed by atoms with Crippen LogP contribution in [0.2, 0.25) is 0 Å². The van der Waals surface area contributed by atoms with E-state index >= 15 is 0 Å². The highest BCUT2D eigenvalue weighted by molar-refractivity contribution is 7.99. The summed E-state index contributed by atoms with van der Waals surface area (Å²) in [7, 11) is 0. The second-order valence-corrected chi connectivity index (χ2v) is 14.0. The Bertz CT molecular complexity index is 1620. The zero-order chi connectivity index (χ0) is 28.8. The molecule has 4 aromatic carbocycles. The summed E-state index contributed by atoms with van der Waals surface area (Å²) in [5.74, 6) is 0.895. The predicted molar refractivity (Wildman–Crippen MR) is 177 cm³/mol. The van der Waals surface area contributed by atoms with Crippen molar-refractivity contribution in [3.63, 3.8) is 0 Å². The van der Waals surface area contributed by atoms with E-state index in [4.69, 9.17) is 4.98 Å². The van der Waals surface area contributed by atoms with Crippen LogP contribution in [-0.4, -0.2) is 22.2 Å². The van der Waals surface area contributed by atoms with Crippen LogP contribution in [0.15, 0.2) is 101 Å². The second-order valence-electron chi connectivity index (χ2n) is 10.8. The summed E-state index contributed by atoms with van der Waals surface area (Å²) in [6.45, 7) is 9.10. The molecule has 0 saturated heterocycles. The standard InChI is InChI=1S/C34H35N3OS3/c1-5-39-25-17-15-24(16-18-25)22-35-32(38)33-36-29(21-23-11-7-6-8-12-23)31(40-33)28-19-20-30(41-37-34(2,3)4)27-14-10-9-13-26(27)28/h6-20,37H,5,21-22H2,1-4H3,(H,35,38). The molecule has 0 spiro atoms. The van der Waals surface area contributed by atoms with Crippen LogP contribution in [0.4, 0.5) is 0 Å². The third kappa shape index (κ3) is 7.60. The summed E-state index contributed by atoms with van der Waals surface area (Å²) in [6.07, 6.45) is 0.660. The first-order chi connectivity index (χ1) is 19.8. The molecule has 2 N–H and O–H groups in total. The van der Waals surface area contributed by atoms with Crippen LogP contribution in [0.1, 0.15) is 54.3 Å². The SMILES string of the molecule is CCSc1ccc(CNC(=O)c2nc(Cc3ccccc3)c(-c3ccc(SNC(C)(C)C)c4ccccc34)s2)cc1. The molecule has 1 aromatic heterocycles. The van der Waals surface area contributed by atoms with Crippen LogP contribution in [0.25, 0.3) is 21.2 Å². The lowest BCUT2D eigenvalue weighted by atomic mass is 10.0. The molecule has 0 saturated carbocycles. The molecule has 4 nitrogen and oxygen atoms in total. The maximum absolute atomic E-state index is 13.4. The van der Waals surface area contributed by atoms with Crippen LogP contribution in [0.3, 0.4) is 0 Å². The van der Waals surface area contributed by atoms with Gasteiger partial charge in [0.2, 0.25) is 0 Å². The van der Waals surface area contributed by atoms with Crippen molar-refractivity contribution in [1.82, 2.24) is 15.0 Å². The largest absolute Gasteiger partial charge is 0.346 e. The summed E-state index contributed by atoms with van der Waals surface area (Å²) in [5, 5.41) is 5.91. The Labute approximate surface area is 255 Å². The first-order valence-corrected chi connectivity index (χ1v) is 16.4. The molecule has 210 valence electrons. The van der Waals surface area contributed by atoms with E-state index in [1.54, 1.807) is 11.9 Å². The zero-order valence-corrected chi connectivity index (χ0v) is 26.3. The number of hydrogen-bond acceptors (Lipinski definition) is 6. The Kier molecular flexibility index (Phi) is 9.50. The van der Waals surface area contributed by atoms with Crippen molar-refractivity contribution in [3.05, 3.63) is 113 Å². The van der Waals surface area contributed by atoms with Crippen molar-refractivity contribution in [1.29, 1.82) is 0 Å². The molecule has 0 aliphatic heterocycles. The summed E-state index contributed by atoms with van der Waals surface area (Å²) >= 11 is 4.94. The van der Waals surface area contributed by atoms with Crippen molar-refractivity contribution >= 4 is 51.7 Å². The maximum Gasteiger partial charge on any atom is 0.280 e. The highest BCUT2D eigenvalue weighted by Gasteiger charge is 2.21. The molecule has 7 heteroatoms. The molecule has 5 aromatic rings. The van der Waals surface area contributed by atoms with E-state index in [2.05, 4.69) is 111 Å². The van der Waals surface area contributed by atoms with Gasteiger partial charge in [-0.25, -0.2) is 4.98 Å². The van der Waals surface area contributed by atoms with E-state index in [0.29, 0.717) is 18.0 Å². The average Bonchev–Trinajstić information content (AvgIpc) is 3.39.